The first kappa shape index (κ1) is 12.1. The predicted molar refractivity (Wildman–Crippen MR) is 67.1 cm³/mol. The summed E-state index contributed by atoms with van der Waals surface area (Å²) in [7, 11) is 0. The maximum Gasteiger partial charge on any atom is 0.0198 e. The molecule has 1 fully saturated rings. The molecule has 0 radical (unpaired) electrons. The first-order valence-corrected chi connectivity index (χ1v) is 6.39. The fourth-order valence-corrected chi connectivity index (χ4v) is 2.31. The fourth-order valence-electron chi connectivity index (χ4n) is 2.21. The van der Waals surface area contributed by atoms with Crippen LogP contribution in [0, 0.1) is 5.92 Å². The molecule has 0 saturated carbocycles. The second-order valence-corrected chi connectivity index (χ2v) is 4.73. The molecular formula is C12H23NS. The van der Waals surface area contributed by atoms with E-state index in [1.165, 1.54) is 44.3 Å². The number of likely N-dealkylation sites (tertiary alicyclic amines) is 1. The Morgan fingerprint density at radius 3 is 2.57 bits per heavy atom. The van der Waals surface area contributed by atoms with E-state index in [9.17, 15) is 0 Å². The van der Waals surface area contributed by atoms with E-state index in [2.05, 4.69) is 31.0 Å². The maximum atomic E-state index is 4.24. The molecule has 0 bridgehead atoms. The third-order valence-corrected chi connectivity index (χ3v) is 3.52. The third-order valence-electron chi connectivity index (χ3n) is 3.07. The minimum absolute atomic E-state index is 0.828. The van der Waals surface area contributed by atoms with Crippen LogP contribution in [-0.2, 0) is 0 Å². The van der Waals surface area contributed by atoms with E-state index in [1.807, 2.05) is 0 Å². The summed E-state index contributed by atoms with van der Waals surface area (Å²) in [5, 5.41) is 0. The standard InChI is InChI=1S/C12H23NS/c1-3-4-12-5-7-13(8-6-12)9-11(2)10-14/h12,14H,2-10H2,1H3. The lowest BCUT2D eigenvalue weighted by Crippen LogP contribution is -2.35. The highest BCUT2D eigenvalue weighted by Gasteiger charge is 2.18. The Labute approximate surface area is 94.0 Å². The van der Waals surface area contributed by atoms with Crippen LogP contribution in [0.4, 0.5) is 0 Å². The van der Waals surface area contributed by atoms with Gasteiger partial charge in [0.2, 0.25) is 0 Å². The Hall–Kier alpha value is 0.0500. The summed E-state index contributed by atoms with van der Waals surface area (Å²) >= 11 is 4.24. The van der Waals surface area contributed by atoms with Crippen LogP contribution >= 0.6 is 12.6 Å². The van der Waals surface area contributed by atoms with Gasteiger partial charge < -0.3 is 0 Å². The van der Waals surface area contributed by atoms with Gasteiger partial charge in [0.15, 0.2) is 0 Å². The number of piperidine rings is 1. The monoisotopic (exact) mass is 213 g/mol. The minimum atomic E-state index is 0.828. The summed E-state index contributed by atoms with van der Waals surface area (Å²) in [6.07, 6.45) is 5.52. The van der Waals surface area contributed by atoms with E-state index in [0.29, 0.717) is 0 Å². The van der Waals surface area contributed by atoms with Crippen LogP contribution in [0.2, 0.25) is 0 Å². The van der Waals surface area contributed by atoms with E-state index < -0.39 is 0 Å². The van der Waals surface area contributed by atoms with Gasteiger partial charge in [-0.25, -0.2) is 0 Å². The third kappa shape index (κ3) is 4.05. The first-order chi connectivity index (χ1) is 6.76. The van der Waals surface area contributed by atoms with Gasteiger partial charge in [-0.2, -0.15) is 12.6 Å². The van der Waals surface area contributed by atoms with Gasteiger partial charge in [0.1, 0.15) is 0 Å². The normalized spacial score (nSPS) is 19.9. The molecule has 82 valence electrons. The van der Waals surface area contributed by atoms with E-state index >= 15 is 0 Å². The summed E-state index contributed by atoms with van der Waals surface area (Å²) < 4.78 is 0. The van der Waals surface area contributed by atoms with Crippen molar-refractivity contribution in [3.8, 4) is 0 Å². The Bertz CT molecular complexity index is 171. The van der Waals surface area contributed by atoms with Crippen molar-refractivity contribution in [3.63, 3.8) is 0 Å². The van der Waals surface area contributed by atoms with Crippen LogP contribution in [0.1, 0.15) is 32.6 Å². The molecule has 0 aromatic rings. The zero-order valence-electron chi connectivity index (χ0n) is 9.34. The molecule has 0 spiro atoms. The van der Waals surface area contributed by atoms with Crippen molar-refractivity contribution in [2.45, 2.75) is 32.6 Å². The average molecular weight is 213 g/mol. The molecule has 1 aliphatic heterocycles. The van der Waals surface area contributed by atoms with E-state index in [1.54, 1.807) is 0 Å². The molecule has 0 atom stereocenters. The molecule has 14 heavy (non-hydrogen) atoms. The van der Waals surface area contributed by atoms with Gasteiger partial charge >= 0.3 is 0 Å². The summed E-state index contributed by atoms with van der Waals surface area (Å²) in [5.41, 5.74) is 1.25. The van der Waals surface area contributed by atoms with Crippen molar-refractivity contribution in [1.29, 1.82) is 0 Å². The van der Waals surface area contributed by atoms with E-state index in [4.69, 9.17) is 0 Å². The Kier molecular flexibility index (Phi) is 5.64. The van der Waals surface area contributed by atoms with Crippen molar-refractivity contribution >= 4 is 12.6 Å². The molecule has 1 saturated heterocycles. The highest BCUT2D eigenvalue weighted by molar-refractivity contribution is 7.80. The number of hydrogen-bond acceptors (Lipinski definition) is 2. The second kappa shape index (κ2) is 6.52. The van der Waals surface area contributed by atoms with Crippen molar-refractivity contribution in [3.05, 3.63) is 12.2 Å². The quantitative estimate of drug-likeness (QED) is 0.543. The van der Waals surface area contributed by atoms with Crippen LogP contribution in [-0.4, -0.2) is 30.3 Å². The van der Waals surface area contributed by atoms with Gasteiger partial charge in [0.25, 0.3) is 0 Å². The molecule has 0 unspecified atom stereocenters. The van der Waals surface area contributed by atoms with Gasteiger partial charge in [-0.05, 0) is 31.8 Å². The first-order valence-electron chi connectivity index (χ1n) is 5.76. The number of thiol groups is 1. The fraction of sp³-hybridized carbons (Fsp3) is 0.833. The van der Waals surface area contributed by atoms with Crippen LogP contribution in [0.5, 0.6) is 0 Å². The predicted octanol–water partition coefficient (Wildman–Crippen LogP) is 2.98. The minimum Gasteiger partial charge on any atom is -0.299 e. The Morgan fingerprint density at radius 2 is 2.07 bits per heavy atom. The largest absolute Gasteiger partial charge is 0.299 e. The maximum absolute atomic E-state index is 4.24. The molecule has 0 aromatic heterocycles. The van der Waals surface area contributed by atoms with Gasteiger partial charge in [0.05, 0.1) is 0 Å². The summed E-state index contributed by atoms with van der Waals surface area (Å²) in [4.78, 5) is 2.52. The van der Waals surface area contributed by atoms with Gasteiger partial charge in [-0.3, -0.25) is 4.90 Å². The van der Waals surface area contributed by atoms with E-state index in [0.717, 1.165) is 18.2 Å². The lowest BCUT2D eigenvalue weighted by atomic mass is 9.92. The van der Waals surface area contributed by atoms with Gasteiger partial charge in [0, 0.05) is 12.3 Å². The molecule has 0 amide bonds. The molecule has 1 nitrogen and oxygen atoms in total. The average Bonchev–Trinajstić information content (AvgIpc) is 2.21. The van der Waals surface area contributed by atoms with Crippen LogP contribution in [0.15, 0.2) is 12.2 Å². The van der Waals surface area contributed by atoms with Crippen molar-refractivity contribution < 1.29 is 0 Å². The summed E-state index contributed by atoms with van der Waals surface area (Å²) in [6, 6.07) is 0. The molecule has 1 aliphatic rings. The zero-order valence-corrected chi connectivity index (χ0v) is 10.2. The highest BCUT2D eigenvalue weighted by atomic mass is 32.1. The van der Waals surface area contributed by atoms with Gasteiger partial charge in [-0.1, -0.05) is 31.9 Å². The number of nitrogens with zero attached hydrogens (tertiary/aromatic N) is 1. The second-order valence-electron chi connectivity index (χ2n) is 4.42. The van der Waals surface area contributed by atoms with Crippen LogP contribution < -0.4 is 0 Å². The topological polar surface area (TPSA) is 3.24 Å². The molecule has 2 heteroatoms. The lowest BCUT2D eigenvalue weighted by Gasteiger charge is -2.32. The van der Waals surface area contributed by atoms with Gasteiger partial charge in [-0.15, -0.1) is 0 Å². The molecule has 1 rings (SSSR count). The van der Waals surface area contributed by atoms with Crippen LogP contribution in [0.3, 0.4) is 0 Å². The lowest BCUT2D eigenvalue weighted by molar-refractivity contribution is 0.191. The SMILES string of the molecule is C=C(CS)CN1CCC(CCC)CC1. The Balaban J connectivity index is 2.18. The number of rotatable bonds is 5. The molecule has 0 aliphatic carbocycles. The Morgan fingerprint density at radius 1 is 1.43 bits per heavy atom. The molecule has 0 N–H and O–H groups in total. The van der Waals surface area contributed by atoms with Crippen LogP contribution in [0.25, 0.3) is 0 Å². The molecule has 1 heterocycles. The highest BCUT2D eigenvalue weighted by Crippen LogP contribution is 2.21. The number of hydrogen-bond donors (Lipinski definition) is 1. The molecule has 0 aromatic carbocycles. The van der Waals surface area contributed by atoms with Crippen molar-refractivity contribution in [1.82, 2.24) is 4.90 Å². The zero-order chi connectivity index (χ0) is 10.4. The van der Waals surface area contributed by atoms with Crippen molar-refractivity contribution in [2.75, 3.05) is 25.4 Å². The summed E-state index contributed by atoms with van der Waals surface area (Å²) in [5.74, 6) is 1.81. The molecular weight excluding hydrogens is 190 g/mol. The smallest absolute Gasteiger partial charge is 0.0198 e. The van der Waals surface area contributed by atoms with Crippen molar-refractivity contribution in [2.24, 2.45) is 5.92 Å². The van der Waals surface area contributed by atoms with E-state index in [-0.39, 0.29) is 0 Å². The summed E-state index contributed by atoms with van der Waals surface area (Å²) in [6.45, 7) is 9.87.